The average Bonchev–Trinajstić information content (AvgIpc) is 3.41. The molecule has 2 heterocycles. The van der Waals surface area contributed by atoms with E-state index in [4.69, 9.17) is 4.74 Å². The number of nitrogens with zero attached hydrogens (tertiary/aromatic N) is 4. The van der Waals surface area contributed by atoms with Gasteiger partial charge in [-0.3, -0.25) is 9.48 Å². The lowest BCUT2D eigenvalue weighted by molar-refractivity contribution is 0.0784. The van der Waals surface area contributed by atoms with E-state index in [1.54, 1.807) is 35.4 Å². The zero-order valence-corrected chi connectivity index (χ0v) is 18.4. The minimum Gasteiger partial charge on any atom is -0.487 e. The maximum atomic E-state index is 12.9. The molecule has 0 unspecified atom stereocenters. The molecule has 4 aromatic rings. The molecule has 0 bridgehead atoms. The lowest BCUT2D eigenvalue weighted by Crippen LogP contribution is -2.26. The Morgan fingerprint density at radius 1 is 1.13 bits per heavy atom. The molecule has 0 atom stereocenters. The smallest absolute Gasteiger partial charge is 0.254 e. The standard InChI is InChI=1S/C24H24N4O2S/c1-18-26-22(17-31-18)16-30-23-10-6-9-21(11-23)24(29)27(2)13-20-12-25-28(15-20)14-19-7-4-3-5-8-19/h3-12,15,17H,13-14,16H2,1-2H3. The van der Waals surface area contributed by atoms with Crippen LogP contribution in [0.5, 0.6) is 5.75 Å². The van der Waals surface area contributed by atoms with Gasteiger partial charge in [0.05, 0.1) is 23.4 Å². The molecule has 1 amide bonds. The number of hydrogen-bond donors (Lipinski definition) is 0. The summed E-state index contributed by atoms with van der Waals surface area (Å²) < 4.78 is 7.70. The highest BCUT2D eigenvalue weighted by atomic mass is 32.1. The van der Waals surface area contributed by atoms with Crippen molar-refractivity contribution in [3.05, 3.63) is 99.8 Å². The Bertz CT molecular complexity index is 1150. The largest absolute Gasteiger partial charge is 0.487 e. The molecule has 2 aromatic carbocycles. The summed E-state index contributed by atoms with van der Waals surface area (Å²) in [7, 11) is 1.79. The summed E-state index contributed by atoms with van der Waals surface area (Å²) in [5.41, 5.74) is 3.65. The predicted molar refractivity (Wildman–Crippen MR) is 121 cm³/mol. The van der Waals surface area contributed by atoms with Crippen LogP contribution >= 0.6 is 11.3 Å². The van der Waals surface area contributed by atoms with E-state index in [0.29, 0.717) is 31.0 Å². The normalized spacial score (nSPS) is 10.8. The molecule has 158 valence electrons. The molecule has 6 nitrogen and oxygen atoms in total. The van der Waals surface area contributed by atoms with Crippen molar-refractivity contribution in [2.75, 3.05) is 7.05 Å². The first kappa shape index (κ1) is 20.8. The molecule has 0 aliphatic rings. The molecule has 0 N–H and O–H groups in total. The number of ether oxygens (including phenoxy) is 1. The van der Waals surface area contributed by atoms with Gasteiger partial charge in [-0.25, -0.2) is 4.98 Å². The van der Waals surface area contributed by atoms with Gasteiger partial charge < -0.3 is 9.64 Å². The van der Waals surface area contributed by atoms with Gasteiger partial charge in [0.15, 0.2) is 0 Å². The van der Waals surface area contributed by atoms with E-state index < -0.39 is 0 Å². The van der Waals surface area contributed by atoms with Gasteiger partial charge in [-0.05, 0) is 30.7 Å². The average molecular weight is 433 g/mol. The minimum absolute atomic E-state index is 0.0641. The first-order valence-electron chi connectivity index (χ1n) is 10.0. The highest BCUT2D eigenvalue weighted by Crippen LogP contribution is 2.18. The van der Waals surface area contributed by atoms with Crippen molar-refractivity contribution in [1.29, 1.82) is 0 Å². The van der Waals surface area contributed by atoms with Crippen molar-refractivity contribution in [2.45, 2.75) is 26.6 Å². The number of aryl methyl sites for hydroxylation is 1. The van der Waals surface area contributed by atoms with Crippen molar-refractivity contribution >= 4 is 17.2 Å². The van der Waals surface area contributed by atoms with Crippen molar-refractivity contribution in [3.63, 3.8) is 0 Å². The van der Waals surface area contributed by atoms with Crippen LogP contribution in [0, 0.1) is 6.92 Å². The van der Waals surface area contributed by atoms with Crippen LogP contribution in [0.2, 0.25) is 0 Å². The molecule has 0 saturated heterocycles. The molecular weight excluding hydrogens is 408 g/mol. The summed E-state index contributed by atoms with van der Waals surface area (Å²) in [4.78, 5) is 19.0. The third-order valence-corrected chi connectivity index (χ3v) is 5.60. The number of hydrogen-bond acceptors (Lipinski definition) is 5. The van der Waals surface area contributed by atoms with Crippen LogP contribution < -0.4 is 4.74 Å². The number of benzene rings is 2. The van der Waals surface area contributed by atoms with Crippen molar-refractivity contribution in [3.8, 4) is 5.75 Å². The Morgan fingerprint density at radius 2 is 1.97 bits per heavy atom. The Kier molecular flexibility index (Phi) is 6.43. The van der Waals surface area contributed by atoms with Gasteiger partial charge in [0.25, 0.3) is 5.91 Å². The molecular formula is C24H24N4O2S. The predicted octanol–water partition coefficient (Wildman–Crippen LogP) is 4.55. The van der Waals surface area contributed by atoms with Gasteiger partial charge in [0.2, 0.25) is 0 Å². The minimum atomic E-state index is -0.0641. The summed E-state index contributed by atoms with van der Waals surface area (Å²) in [5, 5.41) is 7.41. The Hall–Kier alpha value is -3.45. The fraction of sp³-hybridized carbons (Fsp3) is 0.208. The van der Waals surface area contributed by atoms with Gasteiger partial charge >= 0.3 is 0 Å². The first-order chi connectivity index (χ1) is 15.1. The molecule has 0 aliphatic carbocycles. The van der Waals surface area contributed by atoms with Crippen LogP contribution in [0.1, 0.15) is 32.2 Å². The Labute approximate surface area is 185 Å². The maximum absolute atomic E-state index is 12.9. The van der Waals surface area contributed by atoms with E-state index in [-0.39, 0.29) is 5.91 Å². The summed E-state index contributed by atoms with van der Waals surface area (Å²) in [5.74, 6) is 0.589. The fourth-order valence-corrected chi connectivity index (χ4v) is 3.86. The SMILES string of the molecule is Cc1nc(COc2cccc(C(=O)N(C)Cc3cnn(Cc4ccccc4)c3)c2)cs1. The zero-order valence-electron chi connectivity index (χ0n) is 17.6. The number of amides is 1. The first-order valence-corrected chi connectivity index (χ1v) is 10.9. The fourth-order valence-electron chi connectivity index (χ4n) is 3.26. The lowest BCUT2D eigenvalue weighted by atomic mass is 10.2. The zero-order chi connectivity index (χ0) is 21.6. The van der Waals surface area contributed by atoms with Crippen molar-refractivity contribution in [1.82, 2.24) is 19.7 Å². The summed E-state index contributed by atoms with van der Waals surface area (Å²) >= 11 is 1.60. The third kappa shape index (κ3) is 5.58. The molecule has 4 rings (SSSR count). The highest BCUT2D eigenvalue weighted by molar-refractivity contribution is 7.09. The number of carbonyl (C=O) groups is 1. The van der Waals surface area contributed by atoms with Crippen molar-refractivity contribution in [2.24, 2.45) is 0 Å². The number of thiazole rings is 1. The van der Waals surface area contributed by atoms with Crippen molar-refractivity contribution < 1.29 is 9.53 Å². The van der Waals surface area contributed by atoms with E-state index in [0.717, 1.165) is 16.3 Å². The van der Waals surface area contributed by atoms with E-state index in [2.05, 4.69) is 22.2 Å². The van der Waals surface area contributed by atoms with Gasteiger partial charge in [-0.15, -0.1) is 11.3 Å². The molecule has 0 radical (unpaired) electrons. The van der Waals surface area contributed by atoms with E-state index in [9.17, 15) is 4.79 Å². The van der Waals surface area contributed by atoms with Gasteiger partial charge in [-0.1, -0.05) is 36.4 Å². The van der Waals surface area contributed by atoms with Crippen LogP contribution in [-0.2, 0) is 19.7 Å². The topological polar surface area (TPSA) is 60.2 Å². The molecule has 7 heteroatoms. The van der Waals surface area contributed by atoms with Gasteiger partial charge in [0.1, 0.15) is 12.4 Å². The monoisotopic (exact) mass is 432 g/mol. The van der Waals surface area contributed by atoms with Gasteiger partial charge in [0, 0.05) is 36.3 Å². The third-order valence-electron chi connectivity index (χ3n) is 4.77. The van der Waals surface area contributed by atoms with Gasteiger partial charge in [-0.2, -0.15) is 5.10 Å². The van der Waals surface area contributed by atoms with Crippen LogP contribution in [0.25, 0.3) is 0 Å². The second kappa shape index (κ2) is 9.57. The van der Waals surface area contributed by atoms with Crippen LogP contribution in [0.4, 0.5) is 0 Å². The quantitative estimate of drug-likeness (QED) is 0.410. The molecule has 0 aliphatic heterocycles. The Morgan fingerprint density at radius 3 is 2.74 bits per heavy atom. The lowest BCUT2D eigenvalue weighted by Gasteiger charge is -2.17. The second-order valence-corrected chi connectivity index (χ2v) is 8.43. The van der Waals surface area contributed by atoms with E-state index >= 15 is 0 Å². The second-order valence-electron chi connectivity index (χ2n) is 7.37. The molecule has 31 heavy (non-hydrogen) atoms. The van der Waals surface area contributed by atoms with Crippen LogP contribution in [-0.4, -0.2) is 32.6 Å². The molecule has 0 fully saturated rings. The maximum Gasteiger partial charge on any atom is 0.254 e. The summed E-state index contributed by atoms with van der Waals surface area (Å²) in [6.07, 6.45) is 3.79. The van der Waals surface area contributed by atoms with Crippen LogP contribution in [0.3, 0.4) is 0 Å². The molecule has 0 saturated carbocycles. The summed E-state index contributed by atoms with van der Waals surface area (Å²) in [6, 6.07) is 17.4. The number of rotatable bonds is 8. The molecule has 0 spiro atoms. The summed E-state index contributed by atoms with van der Waals surface area (Å²) in [6.45, 7) is 3.54. The molecule has 2 aromatic heterocycles. The number of aromatic nitrogens is 3. The van der Waals surface area contributed by atoms with E-state index in [1.165, 1.54) is 5.56 Å². The highest BCUT2D eigenvalue weighted by Gasteiger charge is 2.14. The Balaban J connectivity index is 1.35. The number of carbonyl (C=O) groups excluding carboxylic acids is 1. The van der Waals surface area contributed by atoms with E-state index in [1.807, 2.05) is 59.7 Å². The van der Waals surface area contributed by atoms with Crippen LogP contribution in [0.15, 0.2) is 72.4 Å².